The average Bonchev–Trinajstić information content (AvgIpc) is 3.29. The zero-order valence-electron chi connectivity index (χ0n) is 16.1. The predicted octanol–water partition coefficient (Wildman–Crippen LogP) is 3.73. The lowest BCUT2D eigenvalue weighted by Crippen LogP contribution is -2.56. The minimum Gasteiger partial charge on any atom is -0.367 e. The van der Waals surface area contributed by atoms with Gasteiger partial charge in [0.2, 0.25) is 0 Å². The van der Waals surface area contributed by atoms with Crippen LogP contribution < -0.4 is 0 Å². The van der Waals surface area contributed by atoms with Crippen LogP contribution in [0.5, 0.6) is 0 Å². The molecule has 2 aromatic heterocycles. The largest absolute Gasteiger partial charge is 0.367 e. The van der Waals surface area contributed by atoms with Crippen molar-refractivity contribution in [2.24, 2.45) is 0 Å². The van der Waals surface area contributed by atoms with Gasteiger partial charge in [-0.05, 0) is 26.0 Å². The van der Waals surface area contributed by atoms with Gasteiger partial charge in [0.15, 0.2) is 16.6 Å². The summed E-state index contributed by atoms with van der Waals surface area (Å²) in [5.74, 6) is -0.614. The summed E-state index contributed by atoms with van der Waals surface area (Å²) in [5, 5.41) is 0.382. The molecule has 1 aromatic carbocycles. The molecule has 2 fully saturated rings. The first-order valence-electron chi connectivity index (χ1n) is 9.44. The number of hydrogen-bond acceptors (Lipinski definition) is 7. The summed E-state index contributed by atoms with van der Waals surface area (Å²) in [6.07, 6.45) is 3.23. The van der Waals surface area contributed by atoms with Crippen molar-refractivity contribution in [2.45, 2.75) is 41.4 Å². The maximum atomic E-state index is 6.38. The van der Waals surface area contributed by atoms with Crippen molar-refractivity contribution in [3.8, 4) is 0 Å². The summed E-state index contributed by atoms with van der Waals surface area (Å²) in [5.41, 5.74) is 0.733. The van der Waals surface area contributed by atoms with Gasteiger partial charge in [0.1, 0.15) is 17.4 Å². The topological polar surface area (TPSA) is 71.3 Å². The van der Waals surface area contributed by atoms with Crippen LogP contribution >= 0.6 is 23.4 Å². The number of benzene rings is 1. The van der Waals surface area contributed by atoms with Gasteiger partial charge in [-0.2, -0.15) is 0 Å². The van der Waals surface area contributed by atoms with E-state index >= 15 is 0 Å². The van der Waals surface area contributed by atoms with E-state index in [9.17, 15) is 0 Å². The van der Waals surface area contributed by atoms with Crippen LogP contribution in [-0.2, 0) is 14.2 Å². The molecule has 152 valence electrons. The first-order chi connectivity index (χ1) is 14.0. The van der Waals surface area contributed by atoms with Gasteiger partial charge in [-0.25, -0.2) is 15.0 Å². The van der Waals surface area contributed by atoms with Crippen LogP contribution in [0.2, 0.25) is 5.15 Å². The molecular weight excluding hydrogens is 412 g/mol. The van der Waals surface area contributed by atoms with Gasteiger partial charge >= 0.3 is 0 Å². The van der Waals surface area contributed by atoms with Crippen molar-refractivity contribution in [3.05, 3.63) is 48.1 Å². The third-order valence-electron chi connectivity index (χ3n) is 5.42. The van der Waals surface area contributed by atoms with Crippen LogP contribution in [0, 0.1) is 0 Å². The maximum absolute atomic E-state index is 6.38. The molecule has 5 rings (SSSR count). The Kier molecular flexibility index (Phi) is 4.79. The standard InChI is InChI=1S/C20H21ClN4O3S/c1-19(2)27-9-20(10-28-19)16(29-13-6-4-3-5-7-13)14(8-26-20)25-12-24-15-17(21)22-11-23-18(15)25/h3-7,11-12,14,16H,8-10H2,1-2H3/t14-,16+/m1/s1. The normalized spacial score (nSPS) is 25.6. The first kappa shape index (κ1) is 19.3. The van der Waals surface area contributed by atoms with Crippen molar-refractivity contribution in [1.29, 1.82) is 0 Å². The fourth-order valence-electron chi connectivity index (χ4n) is 3.82. The Labute approximate surface area is 177 Å². The molecule has 2 atom stereocenters. The summed E-state index contributed by atoms with van der Waals surface area (Å²) < 4.78 is 20.4. The number of thioether (sulfide) groups is 1. The van der Waals surface area contributed by atoms with Crippen LogP contribution in [0.25, 0.3) is 11.2 Å². The SMILES string of the molecule is CC1(C)OCC2(CO1)OC[C@@H](n1cnc3c(Cl)ncnc31)[C@@H]2Sc1ccccc1. The Balaban J connectivity index is 1.54. The molecule has 0 saturated carbocycles. The van der Waals surface area contributed by atoms with Crippen LogP contribution in [-0.4, -0.2) is 56.0 Å². The Morgan fingerprint density at radius 3 is 2.59 bits per heavy atom. The second-order valence-corrected chi connectivity index (χ2v) is 9.33. The molecule has 29 heavy (non-hydrogen) atoms. The highest BCUT2D eigenvalue weighted by molar-refractivity contribution is 8.00. The van der Waals surface area contributed by atoms with Gasteiger partial charge in [-0.3, -0.25) is 0 Å². The van der Waals surface area contributed by atoms with E-state index in [2.05, 4.69) is 27.1 Å². The minimum absolute atomic E-state index is 0.00964. The summed E-state index contributed by atoms with van der Waals surface area (Å²) in [7, 11) is 0. The Hall–Kier alpha value is -1.71. The van der Waals surface area contributed by atoms with E-state index in [1.807, 2.05) is 36.6 Å². The monoisotopic (exact) mass is 432 g/mol. The highest BCUT2D eigenvalue weighted by Crippen LogP contribution is 2.48. The Morgan fingerprint density at radius 2 is 1.83 bits per heavy atom. The smallest absolute Gasteiger partial charge is 0.165 e. The molecule has 0 amide bonds. The van der Waals surface area contributed by atoms with Gasteiger partial charge in [0, 0.05) is 4.90 Å². The number of nitrogens with zero attached hydrogens (tertiary/aromatic N) is 4. The second kappa shape index (κ2) is 7.21. The number of imidazole rings is 1. The van der Waals surface area contributed by atoms with E-state index in [1.54, 1.807) is 18.1 Å². The van der Waals surface area contributed by atoms with Crippen molar-refractivity contribution < 1.29 is 14.2 Å². The third kappa shape index (κ3) is 3.43. The molecular formula is C20H21ClN4O3S. The van der Waals surface area contributed by atoms with Crippen LogP contribution in [0.1, 0.15) is 19.9 Å². The van der Waals surface area contributed by atoms with E-state index in [-0.39, 0.29) is 11.3 Å². The van der Waals surface area contributed by atoms with Gasteiger partial charge in [0.05, 0.1) is 37.4 Å². The van der Waals surface area contributed by atoms with Gasteiger partial charge in [0.25, 0.3) is 0 Å². The molecule has 0 N–H and O–H groups in total. The maximum Gasteiger partial charge on any atom is 0.165 e. The van der Waals surface area contributed by atoms with Crippen molar-refractivity contribution >= 4 is 34.5 Å². The lowest BCUT2D eigenvalue weighted by molar-refractivity contribution is -0.300. The lowest BCUT2D eigenvalue weighted by atomic mass is 9.97. The molecule has 0 unspecified atom stereocenters. The van der Waals surface area contributed by atoms with E-state index < -0.39 is 11.4 Å². The number of ether oxygens (including phenoxy) is 3. The van der Waals surface area contributed by atoms with Crippen LogP contribution in [0.15, 0.2) is 47.9 Å². The molecule has 0 aliphatic carbocycles. The highest BCUT2D eigenvalue weighted by atomic mass is 35.5. The van der Waals surface area contributed by atoms with E-state index in [1.165, 1.54) is 6.33 Å². The number of halogens is 1. The number of hydrogen-bond donors (Lipinski definition) is 0. The first-order valence-corrected chi connectivity index (χ1v) is 10.7. The van der Waals surface area contributed by atoms with Crippen LogP contribution in [0.4, 0.5) is 0 Å². The average molecular weight is 433 g/mol. The number of fused-ring (bicyclic) bond motifs is 1. The lowest BCUT2D eigenvalue weighted by Gasteiger charge is -2.43. The van der Waals surface area contributed by atoms with Gasteiger partial charge < -0.3 is 18.8 Å². The van der Waals surface area contributed by atoms with E-state index in [0.717, 1.165) is 4.90 Å². The van der Waals surface area contributed by atoms with E-state index in [0.29, 0.717) is 36.1 Å². The summed E-state index contributed by atoms with van der Waals surface area (Å²) in [6, 6.07) is 10.3. The van der Waals surface area contributed by atoms with Crippen molar-refractivity contribution in [1.82, 2.24) is 19.5 Å². The fraction of sp³-hybridized carbons (Fsp3) is 0.450. The predicted molar refractivity (Wildman–Crippen MR) is 110 cm³/mol. The number of aromatic nitrogens is 4. The summed E-state index contributed by atoms with van der Waals surface area (Å²) in [6.45, 7) is 5.28. The third-order valence-corrected chi connectivity index (χ3v) is 7.23. The van der Waals surface area contributed by atoms with E-state index in [4.69, 9.17) is 25.8 Å². The molecule has 7 nitrogen and oxygen atoms in total. The Bertz CT molecular complexity index is 1020. The minimum atomic E-state index is -0.614. The second-order valence-electron chi connectivity index (χ2n) is 7.76. The fourth-order valence-corrected chi connectivity index (χ4v) is 5.39. The zero-order valence-corrected chi connectivity index (χ0v) is 17.7. The van der Waals surface area contributed by atoms with Gasteiger partial charge in [-0.15, -0.1) is 11.8 Å². The highest BCUT2D eigenvalue weighted by Gasteiger charge is 2.55. The van der Waals surface area contributed by atoms with Crippen molar-refractivity contribution in [2.75, 3.05) is 19.8 Å². The molecule has 1 spiro atoms. The molecule has 4 heterocycles. The molecule has 9 heteroatoms. The Morgan fingerprint density at radius 1 is 1.07 bits per heavy atom. The van der Waals surface area contributed by atoms with Gasteiger partial charge in [-0.1, -0.05) is 29.8 Å². The van der Waals surface area contributed by atoms with Crippen LogP contribution in [0.3, 0.4) is 0 Å². The molecule has 0 bridgehead atoms. The zero-order chi connectivity index (χ0) is 20.1. The summed E-state index contributed by atoms with van der Waals surface area (Å²) in [4.78, 5) is 14.1. The quantitative estimate of drug-likeness (QED) is 0.584. The molecule has 3 aromatic rings. The molecule has 0 radical (unpaired) electrons. The molecule has 2 saturated heterocycles. The molecule has 2 aliphatic rings. The summed E-state index contributed by atoms with van der Waals surface area (Å²) >= 11 is 7.98. The molecule has 2 aliphatic heterocycles. The number of rotatable bonds is 3. The van der Waals surface area contributed by atoms with Crippen molar-refractivity contribution in [3.63, 3.8) is 0 Å².